The van der Waals surface area contributed by atoms with Crippen LogP contribution in [0.2, 0.25) is 0 Å². The second kappa shape index (κ2) is 6.91. The molecule has 18 heavy (non-hydrogen) atoms. The number of nitrogens with two attached hydrogens (primary N) is 1. The molecule has 1 aromatic rings. The Labute approximate surface area is 112 Å². The lowest BCUT2D eigenvalue weighted by molar-refractivity contribution is 0.151. The minimum absolute atomic E-state index is 0.338. The van der Waals surface area contributed by atoms with Crippen LogP contribution in [0, 0.1) is 13.8 Å². The average Bonchev–Trinajstić information content (AvgIpc) is 2.39. The molecule has 102 valence electrons. The molecule has 1 rings (SSSR count). The molecule has 1 aromatic carbocycles. The second-order valence-electron chi connectivity index (χ2n) is 5.13. The Morgan fingerprint density at radius 1 is 1.22 bits per heavy atom. The molecule has 0 spiro atoms. The molecule has 0 bridgehead atoms. The highest BCUT2D eigenvalue weighted by Gasteiger charge is 2.23. The van der Waals surface area contributed by atoms with Crippen LogP contribution in [0.1, 0.15) is 49.9 Å². The Morgan fingerprint density at radius 3 is 2.39 bits per heavy atom. The maximum atomic E-state index is 6.05. The first-order chi connectivity index (χ1) is 8.56. The lowest BCUT2D eigenvalue weighted by atomic mass is 9.95. The summed E-state index contributed by atoms with van der Waals surface area (Å²) in [5.74, 6) is 0. The van der Waals surface area contributed by atoms with E-state index in [9.17, 15) is 0 Å². The molecule has 0 saturated carbocycles. The molecule has 0 aliphatic rings. The van der Waals surface area contributed by atoms with Crippen molar-refractivity contribution >= 4 is 0 Å². The van der Waals surface area contributed by atoms with Gasteiger partial charge in [-0.2, -0.15) is 0 Å². The molecule has 0 fully saturated rings. The lowest BCUT2D eigenvalue weighted by Crippen LogP contribution is -2.40. The zero-order valence-corrected chi connectivity index (χ0v) is 12.5. The number of hydrogen-bond donors (Lipinski definition) is 1. The van der Waals surface area contributed by atoms with Gasteiger partial charge in [-0.3, -0.25) is 4.90 Å². The van der Waals surface area contributed by atoms with Crippen LogP contribution < -0.4 is 5.73 Å². The van der Waals surface area contributed by atoms with Crippen molar-refractivity contribution in [1.82, 2.24) is 4.90 Å². The van der Waals surface area contributed by atoms with Crippen molar-refractivity contribution in [1.29, 1.82) is 0 Å². The van der Waals surface area contributed by atoms with Gasteiger partial charge < -0.3 is 5.73 Å². The third-order valence-corrected chi connectivity index (χ3v) is 4.15. The summed E-state index contributed by atoms with van der Waals surface area (Å²) in [6.07, 6.45) is 1.16. The highest BCUT2D eigenvalue weighted by molar-refractivity contribution is 5.35. The monoisotopic (exact) mass is 248 g/mol. The van der Waals surface area contributed by atoms with Gasteiger partial charge in [0.2, 0.25) is 0 Å². The molecule has 0 aliphatic heterocycles. The second-order valence-corrected chi connectivity index (χ2v) is 5.13. The Hall–Kier alpha value is -0.860. The zero-order chi connectivity index (χ0) is 13.7. The summed E-state index contributed by atoms with van der Waals surface area (Å²) in [6.45, 7) is 12.9. The lowest BCUT2D eigenvalue weighted by Gasteiger charge is -2.36. The molecule has 0 aromatic heterocycles. The Kier molecular flexibility index (Phi) is 5.83. The van der Waals surface area contributed by atoms with Gasteiger partial charge in [-0.25, -0.2) is 0 Å². The van der Waals surface area contributed by atoms with Crippen LogP contribution in [-0.4, -0.2) is 24.0 Å². The fraction of sp³-hybridized carbons (Fsp3) is 0.625. The average molecular weight is 248 g/mol. The van der Waals surface area contributed by atoms with Gasteiger partial charge in [0.05, 0.1) is 0 Å². The summed E-state index contributed by atoms with van der Waals surface area (Å²) < 4.78 is 0. The molecule has 0 radical (unpaired) electrons. The van der Waals surface area contributed by atoms with Crippen molar-refractivity contribution in [3.05, 3.63) is 34.9 Å². The minimum atomic E-state index is 0.338. The summed E-state index contributed by atoms with van der Waals surface area (Å²) in [5.41, 5.74) is 10.2. The molecule has 2 unspecified atom stereocenters. The van der Waals surface area contributed by atoms with Crippen molar-refractivity contribution in [2.24, 2.45) is 5.73 Å². The Morgan fingerprint density at radius 2 is 1.89 bits per heavy atom. The van der Waals surface area contributed by atoms with Gasteiger partial charge in [0, 0.05) is 18.6 Å². The molecule has 2 nitrogen and oxygen atoms in total. The van der Waals surface area contributed by atoms with Gasteiger partial charge in [-0.15, -0.1) is 0 Å². The van der Waals surface area contributed by atoms with Crippen LogP contribution in [0.25, 0.3) is 0 Å². The molecule has 0 aliphatic carbocycles. The Bertz CT molecular complexity index is 373. The van der Waals surface area contributed by atoms with E-state index >= 15 is 0 Å². The summed E-state index contributed by atoms with van der Waals surface area (Å²) in [4.78, 5) is 2.52. The number of nitrogens with zero attached hydrogens (tertiary/aromatic N) is 1. The van der Waals surface area contributed by atoms with Gasteiger partial charge in [-0.1, -0.05) is 32.0 Å². The van der Waals surface area contributed by atoms with Crippen LogP contribution in [-0.2, 0) is 0 Å². The van der Waals surface area contributed by atoms with Crippen LogP contribution in [0.4, 0.5) is 0 Å². The third-order valence-electron chi connectivity index (χ3n) is 4.15. The standard InChI is InChI=1S/C16H28N2/c1-6-13(4)18(7-2)16(11-17)15-10-8-9-12(3)14(15)5/h8-10,13,16H,6-7,11,17H2,1-5H3. The summed E-state index contributed by atoms with van der Waals surface area (Å²) in [5, 5.41) is 0. The van der Waals surface area contributed by atoms with Crippen molar-refractivity contribution in [2.45, 2.75) is 53.1 Å². The number of aryl methyl sites for hydroxylation is 1. The van der Waals surface area contributed by atoms with E-state index in [0.29, 0.717) is 18.6 Å². The maximum absolute atomic E-state index is 6.05. The van der Waals surface area contributed by atoms with Crippen molar-refractivity contribution in [2.75, 3.05) is 13.1 Å². The number of hydrogen-bond acceptors (Lipinski definition) is 2. The molecular weight excluding hydrogens is 220 g/mol. The predicted octanol–water partition coefficient (Wildman–Crippen LogP) is 3.42. The Balaban J connectivity index is 3.11. The van der Waals surface area contributed by atoms with Crippen molar-refractivity contribution in [3.63, 3.8) is 0 Å². The van der Waals surface area contributed by atoms with Crippen LogP contribution in [0.3, 0.4) is 0 Å². The largest absolute Gasteiger partial charge is 0.329 e. The fourth-order valence-electron chi connectivity index (χ4n) is 2.65. The molecule has 2 heteroatoms. The number of rotatable bonds is 6. The van der Waals surface area contributed by atoms with Crippen LogP contribution >= 0.6 is 0 Å². The maximum Gasteiger partial charge on any atom is 0.0475 e. The third kappa shape index (κ3) is 3.12. The highest BCUT2D eigenvalue weighted by Crippen LogP contribution is 2.27. The summed E-state index contributed by atoms with van der Waals surface area (Å²) in [7, 11) is 0. The van der Waals surface area contributed by atoms with Gasteiger partial charge in [0.1, 0.15) is 0 Å². The molecule has 0 amide bonds. The van der Waals surface area contributed by atoms with E-state index in [2.05, 4.69) is 57.7 Å². The van der Waals surface area contributed by atoms with E-state index < -0.39 is 0 Å². The zero-order valence-electron chi connectivity index (χ0n) is 12.5. The molecule has 2 N–H and O–H groups in total. The quantitative estimate of drug-likeness (QED) is 0.836. The minimum Gasteiger partial charge on any atom is -0.329 e. The first-order valence-corrected chi connectivity index (χ1v) is 7.08. The van der Waals surface area contributed by atoms with Gasteiger partial charge in [0.25, 0.3) is 0 Å². The van der Waals surface area contributed by atoms with E-state index in [1.54, 1.807) is 0 Å². The first-order valence-electron chi connectivity index (χ1n) is 7.08. The van der Waals surface area contributed by atoms with E-state index in [-0.39, 0.29) is 0 Å². The summed E-state index contributed by atoms with van der Waals surface area (Å²) in [6, 6.07) is 7.45. The first kappa shape index (κ1) is 15.2. The van der Waals surface area contributed by atoms with Crippen LogP contribution in [0.15, 0.2) is 18.2 Å². The van der Waals surface area contributed by atoms with Gasteiger partial charge >= 0.3 is 0 Å². The van der Waals surface area contributed by atoms with Crippen molar-refractivity contribution < 1.29 is 0 Å². The van der Waals surface area contributed by atoms with Gasteiger partial charge in [-0.05, 0) is 50.4 Å². The summed E-state index contributed by atoms with van der Waals surface area (Å²) >= 11 is 0. The normalized spacial score (nSPS) is 14.8. The highest BCUT2D eigenvalue weighted by atomic mass is 15.2. The SMILES string of the molecule is CCC(C)N(CC)C(CN)c1cccc(C)c1C. The molecular formula is C16H28N2. The fourth-order valence-corrected chi connectivity index (χ4v) is 2.65. The predicted molar refractivity (Wildman–Crippen MR) is 79.8 cm³/mol. The number of likely N-dealkylation sites (N-methyl/N-ethyl adjacent to an activating group) is 1. The van der Waals surface area contributed by atoms with Gasteiger partial charge in [0.15, 0.2) is 0 Å². The smallest absolute Gasteiger partial charge is 0.0475 e. The van der Waals surface area contributed by atoms with E-state index in [0.717, 1.165) is 13.0 Å². The number of benzene rings is 1. The molecule has 0 saturated heterocycles. The van der Waals surface area contributed by atoms with E-state index in [4.69, 9.17) is 5.73 Å². The van der Waals surface area contributed by atoms with E-state index in [1.165, 1.54) is 16.7 Å². The van der Waals surface area contributed by atoms with E-state index in [1.807, 2.05) is 0 Å². The topological polar surface area (TPSA) is 29.3 Å². The van der Waals surface area contributed by atoms with Crippen LogP contribution in [0.5, 0.6) is 0 Å². The molecule has 0 heterocycles. The van der Waals surface area contributed by atoms with Crippen molar-refractivity contribution in [3.8, 4) is 0 Å². The molecule has 2 atom stereocenters.